The van der Waals surface area contributed by atoms with E-state index in [4.69, 9.17) is 4.74 Å². The van der Waals surface area contributed by atoms with Gasteiger partial charge in [0.1, 0.15) is 6.10 Å². The van der Waals surface area contributed by atoms with Gasteiger partial charge >= 0.3 is 11.4 Å². The van der Waals surface area contributed by atoms with Gasteiger partial charge in [-0.25, -0.2) is 0 Å². The van der Waals surface area contributed by atoms with E-state index in [0.717, 1.165) is 23.3 Å². The molecular weight excluding hydrogens is 663 g/mol. The zero-order chi connectivity index (χ0) is 30.4. The van der Waals surface area contributed by atoms with Gasteiger partial charge in [0, 0.05) is 21.1 Å². The van der Waals surface area contributed by atoms with Crippen molar-refractivity contribution in [1.29, 1.82) is 0 Å². The molecule has 0 aromatic heterocycles. The summed E-state index contributed by atoms with van der Waals surface area (Å²) in [6.45, 7) is 7.21. The molecule has 212 valence electrons. The number of aliphatic hydroxyl groups is 1. The molecule has 0 aliphatic heterocycles. The average molecular weight is 688 g/mol. The highest BCUT2D eigenvalue weighted by molar-refractivity contribution is 9.10. The molecule has 0 aliphatic carbocycles. The molecule has 0 heterocycles. The molecule has 0 radical (unpaired) electrons. The van der Waals surface area contributed by atoms with E-state index in [-0.39, 0.29) is 11.4 Å². The van der Waals surface area contributed by atoms with E-state index < -0.39 is 33.6 Å². The number of nitrogens with zero attached hydrogens (tertiary/aromatic N) is 2. The number of aliphatic hydroxyl groups excluding tert-OH is 1. The summed E-state index contributed by atoms with van der Waals surface area (Å²) in [5.74, 6) is -0.606. The van der Waals surface area contributed by atoms with E-state index >= 15 is 0 Å². The van der Waals surface area contributed by atoms with Crippen LogP contribution in [-0.2, 0) is 0 Å². The number of nitro groups is 2. The van der Waals surface area contributed by atoms with Crippen LogP contribution in [0.15, 0.2) is 131 Å². The summed E-state index contributed by atoms with van der Waals surface area (Å²) in [6.07, 6.45) is 2.16. The minimum Gasteiger partial charge on any atom is -0.474 e. The molecule has 2 atom stereocenters. The molecule has 11 heteroatoms. The molecule has 0 aliphatic rings. The molecule has 0 bridgehead atoms. The van der Waals surface area contributed by atoms with Gasteiger partial charge in [-0.3, -0.25) is 20.2 Å². The second-order valence-corrected chi connectivity index (χ2v) is 9.83. The number of ether oxygens (including phenoxy) is 1. The molecule has 1 N–H and O–H groups in total. The summed E-state index contributed by atoms with van der Waals surface area (Å²) in [6, 6.07) is 27.1. The highest BCUT2D eigenvalue weighted by Gasteiger charge is 2.19. The first-order valence-electron chi connectivity index (χ1n) is 11.8. The minimum absolute atomic E-state index is 0.0813. The van der Waals surface area contributed by atoms with Crippen molar-refractivity contribution < 1.29 is 24.1 Å². The lowest BCUT2D eigenvalue weighted by atomic mass is 10.1. The molecule has 4 rings (SSSR count). The predicted octanol–water partition coefficient (Wildman–Crippen LogP) is 9.07. The van der Waals surface area contributed by atoms with Gasteiger partial charge < -0.3 is 9.84 Å². The normalized spacial score (nSPS) is 11.3. The van der Waals surface area contributed by atoms with Crippen LogP contribution in [0.1, 0.15) is 23.3 Å². The lowest BCUT2D eigenvalue weighted by Gasteiger charge is -2.15. The maximum Gasteiger partial charge on any atom is 0.312 e. The number of hydrogen-bond acceptors (Lipinski definition) is 6. The largest absolute Gasteiger partial charge is 0.474 e. The van der Waals surface area contributed by atoms with Crippen molar-refractivity contribution in [3.63, 3.8) is 0 Å². The molecule has 0 saturated heterocycles. The summed E-state index contributed by atoms with van der Waals surface area (Å²) in [7, 11) is 0. The molecule has 0 fully saturated rings. The Hall–Kier alpha value is -4.19. The molecule has 4 aromatic rings. The number of nitro benzene ring substituents is 2. The molecular formula is C30H25Br2FN2O6. The maximum atomic E-state index is 12.6. The Bertz CT molecular complexity index is 1470. The van der Waals surface area contributed by atoms with Crippen LogP contribution in [0.25, 0.3) is 0 Å². The topological polar surface area (TPSA) is 116 Å². The van der Waals surface area contributed by atoms with Gasteiger partial charge in [0.05, 0.1) is 16.0 Å². The molecule has 0 saturated carbocycles. The minimum atomic E-state index is -0.821. The third-order valence-corrected chi connectivity index (χ3v) is 6.17. The van der Waals surface area contributed by atoms with E-state index in [9.17, 15) is 29.7 Å². The fourth-order valence-corrected chi connectivity index (χ4v) is 3.87. The highest BCUT2D eigenvalue weighted by atomic mass is 79.9. The van der Waals surface area contributed by atoms with Crippen molar-refractivity contribution in [2.75, 3.05) is 0 Å². The van der Waals surface area contributed by atoms with Gasteiger partial charge in [0.2, 0.25) is 5.82 Å². The molecule has 2 unspecified atom stereocenters. The Morgan fingerprint density at radius 1 is 0.756 bits per heavy atom. The second kappa shape index (κ2) is 16.8. The van der Waals surface area contributed by atoms with Gasteiger partial charge in [0.15, 0.2) is 5.75 Å². The van der Waals surface area contributed by atoms with Crippen LogP contribution in [0.4, 0.5) is 15.8 Å². The monoisotopic (exact) mass is 686 g/mol. The van der Waals surface area contributed by atoms with E-state index in [1.54, 1.807) is 18.2 Å². The van der Waals surface area contributed by atoms with Gasteiger partial charge in [-0.1, -0.05) is 105 Å². The fraction of sp³-hybridized carbons (Fsp3) is 0.0667. The van der Waals surface area contributed by atoms with Crippen molar-refractivity contribution in [3.8, 4) is 5.75 Å². The van der Waals surface area contributed by atoms with Crippen LogP contribution in [0, 0.1) is 26.0 Å². The van der Waals surface area contributed by atoms with Gasteiger partial charge in [0.25, 0.3) is 0 Å². The Kier molecular flexibility index (Phi) is 13.5. The van der Waals surface area contributed by atoms with E-state index in [2.05, 4.69) is 45.0 Å². The summed E-state index contributed by atoms with van der Waals surface area (Å²) in [5.41, 5.74) is 1.18. The number of rotatable bonds is 8. The molecule has 41 heavy (non-hydrogen) atoms. The van der Waals surface area contributed by atoms with Crippen LogP contribution in [0.3, 0.4) is 0 Å². The molecule has 0 amide bonds. The Labute approximate surface area is 253 Å². The summed E-state index contributed by atoms with van der Waals surface area (Å²) in [5, 5.41) is 30.4. The predicted molar refractivity (Wildman–Crippen MR) is 163 cm³/mol. The zero-order valence-electron chi connectivity index (χ0n) is 21.5. The van der Waals surface area contributed by atoms with Crippen molar-refractivity contribution in [3.05, 3.63) is 168 Å². The van der Waals surface area contributed by atoms with Crippen LogP contribution in [0.5, 0.6) is 5.75 Å². The first-order chi connectivity index (χ1) is 19.6. The summed E-state index contributed by atoms with van der Waals surface area (Å²) >= 11 is 6.21. The third-order valence-electron chi connectivity index (χ3n) is 5.18. The number of halogens is 3. The van der Waals surface area contributed by atoms with Crippen LogP contribution in [0.2, 0.25) is 0 Å². The number of hydrogen-bond donors (Lipinski definition) is 1. The zero-order valence-corrected chi connectivity index (χ0v) is 24.6. The van der Waals surface area contributed by atoms with Crippen molar-refractivity contribution in [2.24, 2.45) is 0 Å². The third kappa shape index (κ3) is 10.7. The lowest BCUT2D eigenvalue weighted by Crippen LogP contribution is -2.06. The first-order valence-corrected chi connectivity index (χ1v) is 13.4. The van der Waals surface area contributed by atoms with Crippen molar-refractivity contribution >= 4 is 43.2 Å². The van der Waals surface area contributed by atoms with E-state index in [0.29, 0.717) is 8.95 Å². The van der Waals surface area contributed by atoms with Crippen molar-refractivity contribution in [1.82, 2.24) is 0 Å². The number of benzene rings is 4. The van der Waals surface area contributed by atoms with Crippen LogP contribution >= 0.6 is 31.9 Å². The van der Waals surface area contributed by atoms with Crippen molar-refractivity contribution in [2.45, 2.75) is 12.2 Å². The smallest absolute Gasteiger partial charge is 0.312 e. The van der Waals surface area contributed by atoms with Gasteiger partial charge in [-0.05, 0) is 41.5 Å². The Morgan fingerprint density at radius 2 is 1.24 bits per heavy atom. The standard InChI is InChI=1S/C15H12BrNO3.C9H10O.C6H3BrFNO2/c1-2-14(11-6-4-3-5-7-11)20-15-9-8-12(16)10-13(15)17(18)19;1-2-9(10)8-6-4-3-5-7-8;7-4-1-2-5(8)6(3-4)9(10)11/h2-10,14H,1H2;2-7,9-10H,1H2;1-3H. The lowest BCUT2D eigenvalue weighted by molar-refractivity contribution is -0.387. The Morgan fingerprint density at radius 3 is 1.71 bits per heavy atom. The fourth-order valence-electron chi connectivity index (χ4n) is 3.18. The summed E-state index contributed by atoms with van der Waals surface area (Å²) in [4.78, 5) is 19.9. The average Bonchev–Trinajstić information content (AvgIpc) is 2.98. The maximum absolute atomic E-state index is 12.6. The first kappa shape index (κ1) is 33.0. The Balaban J connectivity index is 0.000000236. The highest BCUT2D eigenvalue weighted by Crippen LogP contribution is 2.33. The molecule has 0 spiro atoms. The second-order valence-electron chi connectivity index (χ2n) is 8.00. The SMILES string of the molecule is C=CC(O)c1ccccc1.C=CC(Oc1ccc(Br)cc1[N+](=O)[O-])c1ccccc1.O=[N+]([O-])c1cc(Br)ccc1F. The van der Waals surface area contributed by atoms with Crippen LogP contribution in [-0.4, -0.2) is 15.0 Å². The molecule has 4 aromatic carbocycles. The van der Waals surface area contributed by atoms with Gasteiger partial charge in [-0.2, -0.15) is 4.39 Å². The quantitative estimate of drug-likeness (QED) is 0.112. The molecule has 8 nitrogen and oxygen atoms in total. The van der Waals surface area contributed by atoms with Gasteiger partial charge in [-0.15, -0.1) is 6.58 Å². The summed E-state index contributed by atoms with van der Waals surface area (Å²) < 4.78 is 19.4. The van der Waals surface area contributed by atoms with E-state index in [1.165, 1.54) is 18.2 Å². The van der Waals surface area contributed by atoms with E-state index in [1.807, 2.05) is 60.7 Å². The van der Waals surface area contributed by atoms with Crippen LogP contribution < -0.4 is 4.74 Å².